The Morgan fingerprint density at radius 3 is 2.63 bits per heavy atom. The molecule has 0 aromatic heterocycles. The molecule has 0 unspecified atom stereocenters. The number of carbonyl (C=O) groups is 2. The van der Waals surface area contributed by atoms with Gasteiger partial charge in [-0.2, -0.15) is 0 Å². The second-order valence-corrected chi connectivity index (χ2v) is 8.77. The van der Waals surface area contributed by atoms with Gasteiger partial charge < -0.3 is 10.2 Å². The first-order valence-corrected chi connectivity index (χ1v) is 11.2. The molecule has 2 amide bonds. The molecular formula is C24H23N3O2S. The molecule has 2 aliphatic rings. The van der Waals surface area contributed by atoms with E-state index in [1.807, 2.05) is 23.1 Å². The third-order valence-electron chi connectivity index (χ3n) is 5.79. The first-order valence-electron chi connectivity index (χ1n) is 10.2. The summed E-state index contributed by atoms with van der Waals surface area (Å²) in [5.41, 5.74) is 2.71. The fraction of sp³-hybridized carbons (Fsp3) is 0.250. The molecular weight excluding hydrogens is 394 g/mol. The highest BCUT2D eigenvalue weighted by Crippen LogP contribution is 2.32. The number of rotatable bonds is 3. The Balaban J connectivity index is 1.24. The molecule has 0 spiro atoms. The van der Waals surface area contributed by atoms with Crippen LogP contribution in [-0.4, -0.2) is 53.5 Å². The molecule has 5 nitrogen and oxygen atoms in total. The lowest BCUT2D eigenvalue weighted by Crippen LogP contribution is -2.48. The van der Waals surface area contributed by atoms with Gasteiger partial charge in [0.2, 0.25) is 5.91 Å². The summed E-state index contributed by atoms with van der Waals surface area (Å²) in [7, 11) is 0. The van der Waals surface area contributed by atoms with Crippen LogP contribution < -0.4 is 5.32 Å². The normalized spacial score (nSPS) is 16.9. The smallest absolute Gasteiger partial charge is 0.254 e. The summed E-state index contributed by atoms with van der Waals surface area (Å²) in [6.45, 7) is 4.02. The van der Waals surface area contributed by atoms with Crippen molar-refractivity contribution in [1.82, 2.24) is 9.80 Å². The monoisotopic (exact) mass is 417 g/mol. The van der Waals surface area contributed by atoms with Crippen LogP contribution in [-0.2, 0) is 11.3 Å². The van der Waals surface area contributed by atoms with E-state index in [0.29, 0.717) is 24.4 Å². The van der Waals surface area contributed by atoms with E-state index >= 15 is 0 Å². The molecule has 0 bridgehead atoms. The van der Waals surface area contributed by atoms with E-state index in [0.717, 1.165) is 30.2 Å². The second kappa shape index (κ2) is 8.13. The van der Waals surface area contributed by atoms with Crippen LogP contribution in [0.5, 0.6) is 0 Å². The van der Waals surface area contributed by atoms with Crippen LogP contribution in [0.15, 0.2) is 65.6 Å². The lowest BCUT2D eigenvalue weighted by Gasteiger charge is -2.35. The van der Waals surface area contributed by atoms with Crippen molar-refractivity contribution in [3.8, 4) is 0 Å². The van der Waals surface area contributed by atoms with Gasteiger partial charge in [-0.05, 0) is 34.5 Å². The van der Waals surface area contributed by atoms with Gasteiger partial charge in [0.05, 0.1) is 11.4 Å². The molecule has 6 heteroatoms. The molecule has 30 heavy (non-hydrogen) atoms. The van der Waals surface area contributed by atoms with Crippen molar-refractivity contribution < 1.29 is 9.59 Å². The number of anilines is 1. The fourth-order valence-electron chi connectivity index (χ4n) is 4.18. The van der Waals surface area contributed by atoms with E-state index in [4.69, 9.17) is 0 Å². The summed E-state index contributed by atoms with van der Waals surface area (Å²) in [6.07, 6.45) is 0. The SMILES string of the molecule is O=C1CSc2ccc(C(=O)N3CCN(Cc4cccc5ccccc45)CC3)cc2N1. The van der Waals surface area contributed by atoms with Crippen molar-refractivity contribution in [2.45, 2.75) is 11.4 Å². The van der Waals surface area contributed by atoms with Crippen LogP contribution in [0.3, 0.4) is 0 Å². The minimum atomic E-state index is -0.0147. The summed E-state index contributed by atoms with van der Waals surface area (Å²) in [6, 6.07) is 20.6. The highest BCUT2D eigenvalue weighted by atomic mass is 32.2. The Kier molecular flexibility index (Phi) is 5.19. The third kappa shape index (κ3) is 3.80. The summed E-state index contributed by atoms with van der Waals surface area (Å²) >= 11 is 1.51. The number of thioether (sulfide) groups is 1. The first kappa shape index (κ1) is 19.2. The number of benzene rings is 3. The minimum absolute atomic E-state index is 0.0147. The molecule has 3 aromatic rings. The average molecular weight is 418 g/mol. The zero-order valence-electron chi connectivity index (χ0n) is 16.6. The van der Waals surface area contributed by atoms with Gasteiger partial charge in [-0.1, -0.05) is 42.5 Å². The van der Waals surface area contributed by atoms with Gasteiger partial charge in [0.25, 0.3) is 5.91 Å². The quantitative estimate of drug-likeness (QED) is 0.704. The van der Waals surface area contributed by atoms with Gasteiger partial charge in [-0.3, -0.25) is 14.5 Å². The van der Waals surface area contributed by atoms with Crippen molar-refractivity contribution in [3.63, 3.8) is 0 Å². The molecule has 1 N–H and O–H groups in total. The van der Waals surface area contributed by atoms with Crippen molar-refractivity contribution in [1.29, 1.82) is 0 Å². The number of nitrogens with zero attached hydrogens (tertiary/aromatic N) is 2. The van der Waals surface area contributed by atoms with E-state index in [9.17, 15) is 9.59 Å². The highest BCUT2D eigenvalue weighted by molar-refractivity contribution is 8.00. The minimum Gasteiger partial charge on any atom is -0.336 e. The Labute approximate surface area is 180 Å². The van der Waals surface area contributed by atoms with Gasteiger partial charge >= 0.3 is 0 Å². The average Bonchev–Trinajstić information content (AvgIpc) is 2.79. The first-order chi connectivity index (χ1) is 14.7. The van der Waals surface area contributed by atoms with Gasteiger partial charge in [0, 0.05) is 43.2 Å². The van der Waals surface area contributed by atoms with E-state index in [1.165, 1.54) is 28.1 Å². The van der Waals surface area contributed by atoms with Crippen LogP contribution in [0.25, 0.3) is 10.8 Å². The number of nitrogens with one attached hydrogen (secondary N) is 1. The maximum atomic E-state index is 13.0. The summed E-state index contributed by atoms with van der Waals surface area (Å²) in [4.78, 5) is 30.0. The highest BCUT2D eigenvalue weighted by Gasteiger charge is 2.24. The molecule has 5 rings (SSSR count). The topological polar surface area (TPSA) is 52.7 Å². The van der Waals surface area contributed by atoms with Crippen LogP contribution in [0.4, 0.5) is 5.69 Å². The number of amides is 2. The molecule has 1 saturated heterocycles. The van der Waals surface area contributed by atoms with Gasteiger partial charge in [0.15, 0.2) is 0 Å². The maximum absolute atomic E-state index is 13.0. The lowest BCUT2D eigenvalue weighted by atomic mass is 10.0. The number of hydrogen-bond acceptors (Lipinski definition) is 4. The van der Waals surface area contributed by atoms with Gasteiger partial charge in [0.1, 0.15) is 0 Å². The zero-order chi connectivity index (χ0) is 20.5. The Morgan fingerprint density at radius 2 is 1.77 bits per heavy atom. The van der Waals surface area contributed by atoms with Crippen molar-refractivity contribution in [3.05, 3.63) is 71.8 Å². The third-order valence-corrected chi connectivity index (χ3v) is 6.87. The van der Waals surface area contributed by atoms with E-state index < -0.39 is 0 Å². The molecule has 2 heterocycles. The summed E-state index contributed by atoms with van der Waals surface area (Å²) in [5, 5.41) is 5.43. The standard InChI is InChI=1S/C24H23N3O2S/c28-23-16-30-22-9-8-18(14-21(22)25-23)24(29)27-12-10-26(11-13-27)15-19-6-3-5-17-4-1-2-7-20(17)19/h1-9,14H,10-13,15-16H2,(H,25,28). The molecule has 1 fully saturated rings. The number of piperazine rings is 1. The number of hydrogen-bond donors (Lipinski definition) is 1. The predicted molar refractivity (Wildman–Crippen MR) is 121 cm³/mol. The molecule has 0 aliphatic carbocycles. The van der Waals surface area contributed by atoms with Crippen molar-refractivity contribution in [2.75, 3.05) is 37.2 Å². The largest absolute Gasteiger partial charge is 0.336 e. The predicted octanol–water partition coefficient (Wildman–Crippen LogP) is 3.84. The zero-order valence-corrected chi connectivity index (χ0v) is 17.5. The molecule has 2 aliphatic heterocycles. The fourth-order valence-corrected chi connectivity index (χ4v) is 4.97. The summed E-state index contributed by atoms with van der Waals surface area (Å²) < 4.78 is 0. The van der Waals surface area contributed by atoms with E-state index in [1.54, 1.807) is 0 Å². The molecule has 152 valence electrons. The van der Waals surface area contributed by atoms with E-state index in [-0.39, 0.29) is 11.8 Å². The van der Waals surface area contributed by atoms with Crippen LogP contribution in [0.1, 0.15) is 15.9 Å². The molecule has 0 atom stereocenters. The lowest BCUT2D eigenvalue weighted by molar-refractivity contribution is -0.113. The molecule has 3 aromatic carbocycles. The Bertz CT molecular complexity index is 1120. The van der Waals surface area contributed by atoms with Crippen molar-refractivity contribution in [2.24, 2.45) is 0 Å². The maximum Gasteiger partial charge on any atom is 0.254 e. The van der Waals surface area contributed by atoms with Gasteiger partial charge in [-0.25, -0.2) is 0 Å². The van der Waals surface area contributed by atoms with Crippen LogP contribution in [0.2, 0.25) is 0 Å². The summed E-state index contributed by atoms with van der Waals surface area (Å²) in [5.74, 6) is 0.450. The Morgan fingerprint density at radius 1 is 0.967 bits per heavy atom. The van der Waals surface area contributed by atoms with E-state index in [2.05, 4.69) is 52.7 Å². The number of fused-ring (bicyclic) bond motifs is 2. The molecule has 0 radical (unpaired) electrons. The van der Waals surface area contributed by atoms with Crippen LogP contribution in [0, 0.1) is 0 Å². The molecule has 0 saturated carbocycles. The number of carbonyl (C=O) groups excluding carboxylic acids is 2. The van der Waals surface area contributed by atoms with Crippen molar-refractivity contribution >= 4 is 40.0 Å². The Hall–Kier alpha value is -2.83. The second-order valence-electron chi connectivity index (χ2n) is 7.75. The van der Waals surface area contributed by atoms with Crippen LogP contribution >= 0.6 is 11.8 Å². The van der Waals surface area contributed by atoms with Gasteiger partial charge in [-0.15, -0.1) is 11.8 Å².